The zero-order valence-corrected chi connectivity index (χ0v) is 11.2. The van der Waals surface area contributed by atoms with Crippen molar-refractivity contribution in [3.63, 3.8) is 0 Å². The number of H-pyrrole nitrogens is 1. The van der Waals surface area contributed by atoms with Crippen LogP contribution in [-0.2, 0) is 0 Å². The van der Waals surface area contributed by atoms with Crippen LogP contribution >= 0.6 is 0 Å². The zero-order valence-electron chi connectivity index (χ0n) is 11.2. The SMILES string of the molecule is CNCCC1CCN(c2cc(=O)[nH]c(C)n2)CC1. The van der Waals surface area contributed by atoms with E-state index in [1.807, 2.05) is 14.0 Å². The second kappa shape index (κ2) is 6.00. The van der Waals surface area contributed by atoms with Crippen LogP contribution in [0.15, 0.2) is 10.9 Å². The van der Waals surface area contributed by atoms with Gasteiger partial charge in [-0.3, -0.25) is 4.79 Å². The van der Waals surface area contributed by atoms with Crippen LogP contribution in [0.2, 0.25) is 0 Å². The molecule has 1 saturated heterocycles. The van der Waals surface area contributed by atoms with E-state index in [0.29, 0.717) is 5.82 Å². The third-order valence-electron chi connectivity index (χ3n) is 3.59. The first-order chi connectivity index (χ1) is 8.69. The Balaban J connectivity index is 1.94. The molecule has 5 nitrogen and oxygen atoms in total. The summed E-state index contributed by atoms with van der Waals surface area (Å²) < 4.78 is 0. The van der Waals surface area contributed by atoms with E-state index in [2.05, 4.69) is 20.2 Å². The Morgan fingerprint density at radius 1 is 1.50 bits per heavy atom. The smallest absolute Gasteiger partial charge is 0.252 e. The molecule has 5 heteroatoms. The Morgan fingerprint density at radius 2 is 2.22 bits per heavy atom. The molecule has 0 atom stereocenters. The Bertz CT molecular complexity index is 435. The fourth-order valence-electron chi connectivity index (χ4n) is 2.52. The van der Waals surface area contributed by atoms with Crippen molar-refractivity contribution in [2.24, 2.45) is 5.92 Å². The first-order valence-corrected chi connectivity index (χ1v) is 6.66. The van der Waals surface area contributed by atoms with E-state index in [0.717, 1.165) is 31.4 Å². The predicted molar refractivity (Wildman–Crippen MR) is 73.1 cm³/mol. The molecule has 2 N–H and O–H groups in total. The van der Waals surface area contributed by atoms with Gasteiger partial charge in [-0.1, -0.05) is 0 Å². The van der Waals surface area contributed by atoms with Gasteiger partial charge in [0.15, 0.2) is 0 Å². The van der Waals surface area contributed by atoms with E-state index in [1.165, 1.54) is 19.3 Å². The highest BCUT2D eigenvalue weighted by Crippen LogP contribution is 2.22. The monoisotopic (exact) mass is 250 g/mol. The van der Waals surface area contributed by atoms with E-state index in [4.69, 9.17) is 0 Å². The molecule has 1 aliphatic rings. The molecule has 0 amide bonds. The number of nitrogens with one attached hydrogen (secondary N) is 2. The van der Waals surface area contributed by atoms with Crippen LogP contribution in [0.25, 0.3) is 0 Å². The summed E-state index contributed by atoms with van der Waals surface area (Å²) in [6.45, 7) is 4.92. The number of aromatic amines is 1. The summed E-state index contributed by atoms with van der Waals surface area (Å²) in [7, 11) is 2.00. The highest BCUT2D eigenvalue weighted by atomic mass is 16.1. The summed E-state index contributed by atoms with van der Waals surface area (Å²) in [6, 6.07) is 1.60. The summed E-state index contributed by atoms with van der Waals surface area (Å²) in [4.78, 5) is 20.7. The minimum Gasteiger partial charge on any atom is -0.356 e. The maximum absolute atomic E-state index is 11.4. The van der Waals surface area contributed by atoms with Crippen LogP contribution in [0.3, 0.4) is 0 Å². The molecule has 1 aromatic heterocycles. The number of hydrogen-bond donors (Lipinski definition) is 2. The van der Waals surface area contributed by atoms with Gasteiger partial charge >= 0.3 is 0 Å². The molecule has 18 heavy (non-hydrogen) atoms. The molecular formula is C13H22N4O. The van der Waals surface area contributed by atoms with Gasteiger partial charge in [0.1, 0.15) is 11.6 Å². The minimum absolute atomic E-state index is 0.0604. The quantitative estimate of drug-likeness (QED) is 0.833. The van der Waals surface area contributed by atoms with Crippen LogP contribution < -0.4 is 15.8 Å². The molecule has 0 spiro atoms. The summed E-state index contributed by atoms with van der Waals surface area (Å²) in [5.74, 6) is 2.31. The van der Waals surface area contributed by atoms with Gasteiger partial charge in [0, 0.05) is 19.2 Å². The normalized spacial score (nSPS) is 17.1. The number of aromatic nitrogens is 2. The van der Waals surface area contributed by atoms with Crippen molar-refractivity contribution in [2.75, 3.05) is 31.6 Å². The van der Waals surface area contributed by atoms with Gasteiger partial charge in [0.05, 0.1) is 0 Å². The second-order valence-corrected chi connectivity index (χ2v) is 5.01. The number of aryl methyl sites for hydroxylation is 1. The van der Waals surface area contributed by atoms with Crippen LogP contribution in [-0.4, -0.2) is 36.6 Å². The molecule has 0 radical (unpaired) electrons. The Kier molecular flexibility index (Phi) is 4.36. The van der Waals surface area contributed by atoms with E-state index in [-0.39, 0.29) is 5.56 Å². The Labute approximate surface area is 108 Å². The van der Waals surface area contributed by atoms with Crippen molar-refractivity contribution < 1.29 is 0 Å². The lowest BCUT2D eigenvalue weighted by molar-refractivity contribution is 0.377. The molecule has 1 aliphatic heterocycles. The van der Waals surface area contributed by atoms with Crippen molar-refractivity contribution in [1.82, 2.24) is 15.3 Å². The fourth-order valence-corrected chi connectivity index (χ4v) is 2.52. The summed E-state index contributed by atoms with van der Waals surface area (Å²) in [6.07, 6.45) is 3.62. The molecular weight excluding hydrogens is 228 g/mol. The van der Waals surface area contributed by atoms with Gasteiger partial charge in [-0.15, -0.1) is 0 Å². The number of rotatable bonds is 4. The minimum atomic E-state index is -0.0604. The molecule has 1 fully saturated rings. The van der Waals surface area contributed by atoms with Gasteiger partial charge in [-0.05, 0) is 45.7 Å². The molecule has 100 valence electrons. The molecule has 2 rings (SSSR count). The Morgan fingerprint density at radius 3 is 2.83 bits per heavy atom. The first kappa shape index (κ1) is 13.1. The summed E-state index contributed by atoms with van der Waals surface area (Å²) in [5.41, 5.74) is -0.0604. The van der Waals surface area contributed by atoms with E-state index in [9.17, 15) is 4.79 Å². The summed E-state index contributed by atoms with van der Waals surface area (Å²) in [5, 5.41) is 3.20. The average Bonchev–Trinajstić information content (AvgIpc) is 2.36. The maximum atomic E-state index is 11.4. The van der Waals surface area contributed by atoms with Crippen molar-refractivity contribution >= 4 is 5.82 Å². The van der Waals surface area contributed by atoms with Crippen LogP contribution in [0.5, 0.6) is 0 Å². The predicted octanol–water partition coefficient (Wildman–Crippen LogP) is 0.904. The van der Waals surface area contributed by atoms with Crippen LogP contribution in [0, 0.1) is 12.8 Å². The lowest BCUT2D eigenvalue weighted by atomic mass is 9.93. The number of piperidine rings is 1. The van der Waals surface area contributed by atoms with Crippen LogP contribution in [0.1, 0.15) is 25.1 Å². The van der Waals surface area contributed by atoms with Crippen molar-refractivity contribution in [3.8, 4) is 0 Å². The topological polar surface area (TPSA) is 61.0 Å². The highest BCUT2D eigenvalue weighted by Gasteiger charge is 2.20. The molecule has 0 aromatic carbocycles. The molecule has 0 saturated carbocycles. The average molecular weight is 250 g/mol. The van der Waals surface area contributed by atoms with Gasteiger partial charge in [-0.2, -0.15) is 0 Å². The van der Waals surface area contributed by atoms with E-state index in [1.54, 1.807) is 6.07 Å². The lowest BCUT2D eigenvalue weighted by Gasteiger charge is -2.32. The molecule has 0 aliphatic carbocycles. The number of nitrogens with zero attached hydrogens (tertiary/aromatic N) is 2. The van der Waals surface area contributed by atoms with Gasteiger partial charge in [0.25, 0.3) is 5.56 Å². The van der Waals surface area contributed by atoms with E-state index < -0.39 is 0 Å². The molecule has 0 bridgehead atoms. The third kappa shape index (κ3) is 3.32. The number of hydrogen-bond acceptors (Lipinski definition) is 4. The molecule has 1 aromatic rings. The highest BCUT2D eigenvalue weighted by molar-refractivity contribution is 5.37. The Hall–Kier alpha value is -1.36. The van der Waals surface area contributed by atoms with Gasteiger partial charge in [-0.25, -0.2) is 4.98 Å². The zero-order chi connectivity index (χ0) is 13.0. The largest absolute Gasteiger partial charge is 0.356 e. The summed E-state index contributed by atoms with van der Waals surface area (Å²) >= 11 is 0. The fraction of sp³-hybridized carbons (Fsp3) is 0.692. The molecule has 2 heterocycles. The maximum Gasteiger partial charge on any atom is 0.252 e. The van der Waals surface area contributed by atoms with Crippen molar-refractivity contribution in [3.05, 3.63) is 22.2 Å². The van der Waals surface area contributed by atoms with Gasteiger partial charge in [0.2, 0.25) is 0 Å². The van der Waals surface area contributed by atoms with E-state index >= 15 is 0 Å². The second-order valence-electron chi connectivity index (χ2n) is 5.01. The first-order valence-electron chi connectivity index (χ1n) is 6.66. The van der Waals surface area contributed by atoms with Crippen LogP contribution in [0.4, 0.5) is 5.82 Å². The number of anilines is 1. The van der Waals surface area contributed by atoms with Gasteiger partial charge < -0.3 is 15.2 Å². The lowest BCUT2D eigenvalue weighted by Crippen LogP contribution is -2.35. The standard InChI is InChI=1S/C13H22N4O/c1-10-15-12(9-13(18)16-10)17-7-4-11(5-8-17)3-6-14-2/h9,11,14H,3-8H2,1-2H3,(H,15,16,18). The third-order valence-corrected chi connectivity index (χ3v) is 3.59. The molecule has 0 unspecified atom stereocenters. The van der Waals surface area contributed by atoms with Crippen molar-refractivity contribution in [2.45, 2.75) is 26.2 Å². The van der Waals surface area contributed by atoms with Crippen molar-refractivity contribution in [1.29, 1.82) is 0 Å².